The quantitative estimate of drug-likeness (QED) is 0.741. The van der Waals surface area contributed by atoms with E-state index in [1.807, 2.05) is 30.3 Å². The number of phenols is 1. The molecule has 1 heterocycles. The molecule has 0 aliphatic heterocycles. The zero-order valence-electron chi connectivity index (χ0n) is 14.2. The highest BCUT2D eigenvalue weighted by Gasteiger charge is 2.19. The van der Waals surface area contributed by atoms with E-state index in [-0.39, 0.29) is 5.75 Å². The Hall–Kier alpha value is -2.82. The van der Waals surface area contributed by atoms with Crippen molar-refractivity contribution in [3.8, 4) is 22.9 Å². The van der Waals surface area contributed by atoms with Crippen LogP contribution in [0.5, 0.6) is 11.5 Å². The van der Waals surface area contributed by atoms with E-state index in [4.69, 9.17) is 9.72 Å². The average molecular weight is 335 g/mol. The molecule has 2 aromatic carbocycles. The molecule has 0 spiro atoms. The van der Waals surface area contributed by atoms with Crippen molar-refractivity contribution in [3.05, 3.63) is 42.5 Å². The van der Waals surface area contributed by atoms with Crippen LogP contribution in [0.3, 0.4) is 0 Å². The van der Waals surface area contributed by atoms with Gasteiger partial charge in [0.05, 0.1) is 18.2 Å². The van der Waals surface area contributed by atoms with Gasteiger partial charge in [-0.15, -0.1) is 0 Å². The van der Waals surface area contributed by atoms with Crippen molar-refractivity contribution in [2.45, 2.75) is 31.7 Å². The van der Waals surface area contributed by atoms with Gasteiger partial charge < -0.3 is 15.2 Å². The summed E-state index contributed by atoms with van der Waals surface area (Å²) in [5.74, 6) is 1.80. The van der Waals surface area contributed by atoms with E-state index in [1.54, 1.807) is 12.1 Å². The second kappa shape index (κ2) is 6.59. The monoisotopic (exact) mass is 335 g/mol. The van der Waals surface area contributed by atoms with Crippen molar-refractivity contribution in [1.29, 1.82) is 0 Å². The molecule has 0 radical (unpaired) electrons. The number of phenolic OH excluding ortho intramolecular Hbond substituents is 1. The summed E-state index contributed by atoms with van der Waals surface area (Å²) in [5, 5.41) is 15.0. The number of ether oxygens (including phenoxy) is 1. The van der Waals surface area contributed by atoms with Crippen molar-refractivity contribution >= 4 is 16.7 Å². The number of nitrogens with zero attached hydrogens (tertiary/aromatic N) is 2. The lowest BCUT2D eigenvalue weighted by Crippen LogP contribution is -2.16. The number of para-hydroxylation sites is 2. The van der Waals surface area contributed by atoms with Gasteiger partial charge in [0.25, 0.3) is 0 Å². The van der Waals surface area contributed by atoms with Crippen LogP contribution in [0.15, 0.2) is 42.5 Å². The van der Waals surface area contributed by atoms with Crippen molar-refractivity contribution in [1.82, 2.24) is 9.97 Å². The molecule has 0 bridgehead atoms. The lowest BCUT2D eigenvalue weighted by molar-refractivity contribution is 0.374. The molecule has 25 heavy (non-hydrogen) atoms. The van der Waals surface area contributed by atoms with Gasteiger partial charge in [0.15, 0.2) is 17.3 Å². The van der Waals surface area contributed by atoms with E-state index in [0.717, 1.165) is 29.6 Å². The number of aromatic nitrogens is 2. The standard InChI is InChI=1S/C20H21N3O2/c1-25-17-12-6-10-15(18(17)24)20-22-16-11-5-4-9-14(16)19(23-20)21-13-7-2-3-8-13/h4-6,9-13,24H,2-3,7-8H2,1H3,(H,21,22,23). The lowest BCUT2D eigenvalue weighted by Gasteiger charge is -2.16. The molecular weight excluding hydrogens is 314 g/mol. The summed E-state index contributed by atoms with van der Waals surface area (Å²) >= 11 is 0. The Bertz CT molecular complexity index is 905. The number of benzene rings is 2. The van der Waals surface area contributed by atoms with Crippen LogP contribution in [0, 0.1) is 0 Å². The van der Waals surface area contributed by atoms with Gasteiger partial charge in [-0.25, -0.2) is 9.97 Å². The van der Waals surface area contributed by atoms with Crippen molar-refractivity contribution in [2.75, 3.05) is 12.4 Å². The number of anilines is 1. The first-order valence-electron chi connectivity index (χ1n) is 8.66. The van der Waals surface area contributed by atoms with Crippen LogP contribution < -0.4 is 10.1 Å². The molecule has 0 amide bonds. The topological polar surface area (TPSA) is 67.3 Å². The molecule has 0 atom stereocenters. The lowest BCUT2D eigenvalue weighted by atomic mass is 10.1. The van der Waals surface area contributed by atoms with Crippen molar-refractivity contribution in [3.63, 3.8) is 0 Å². The molecule has 1 aliphatic carbocycles. The second-order valence-corrected chi connectivity index (χ2v) is 6.40. The Kier molecular flexibility index (Phi) is 4.14. The van der Waals surface area contributed by atoms with E-state index in [9.17, 15) is 5.11 Å². The molecule has 1 aliphatic rings. The fourth-order valence-electron chi connectivity index (χ4n) is 3.44. The maximum Gasteiger partial charge on any atom is 0.168 e. The van der Waals surface area contributed by atoms with Crippen LogP contribution >= 0.6 is 0 Å². The highest BCUT2D eigenvalue weighted by molar-refractivity contribution is 5.91. The molecular formula is C20H21N3O2. The summed E-state index contributed by atoms with van der Waals surface area (Å²) in [4.78, 5) is 9.38. The van der Waals surface area contributed by atoms with Crippen LogP contribution in [0.1, 0.15) is 25.7 Å². The molecule has 5 nitrogen and oxygen atoms in total. The summed E-state index contributed by atoms with van der Waals surface area (Å²) in [7, 11) is 1.53. The summed E-state index contributed by atoms with van der Waals surface area (Å²) < 4.78 is 5.21. The van der Waals surface area contributed by atoms with Crippen LogP contribution in [0.4, 0.5) is 5.82 Å². The minimum Gasteiger partial charge on any atom is -0.504 e. The van der Waals surface area contributed by atoms with Gasteiger partial charge in [0.2, 0.25) is 0 Å². The number of aromatic hydroxyl groups is 1. The molecule has 4 rings (SSSR count). The number of fused-ring (bicyclic) bond motifs is 1. The fraction of sp³-hybridized carbons (Fsp3) is 0.300. The Morgan fingerprint density at radius 2 is 1.84 bits per heavy atom. The molecule has 3 aromatic rings. The van der Waals surface area contributed by atoms with Crippen LogP contribution in [-0.4, -0.2) is 28.2 Å². The normalized spacial score (nSPS) is 14.8. The minimum atomic E-state index is 0.0621. The van der Waals surface area contributed by atoms with E-state index in [2.05, 4.69) is 10.3 Å². The van der Waals surface area contributed by atoms with Crippen LogP contribution in [0.2, 0.25) is 0 Å². The zero-order valence-corrected chi connectivity index (χ0v) is 14.2. The third kappa shape index (κ3) is 2.97. The maximum atomic E-state index is 10.5. The van der Waals surface area contributed by atoms with Gasteiger partial charge in [0, 0.05) is 11.4 Å². The first kappa shape index (κ1) is 15.7. The molecule has 1 aromatic heterocycles. The van der Waals surface area contributed by atoms with E-state index < -0.39 is 0 Å². The number of methoxy groups -OCH3 is 1. The molecule has 0 saturated heterocycles. The Balaban J connectivity index is 1.84. The predicted molar refractivity (Wildman–Crippen MR) is 99.1 cm³/mol. The maximum absolute atomic E-state index is 10.5. The summed E-state index contributed by atoms with van der Waals surface area (Å²) in [6.45, 7) is 0. The van der Waals surface area contributed by atoms with Gasteiger partial charge in [-0.2, -0.15) is 0 Å². The molecule has 1 fully saturated rings. The summed E-state index contributed by atoms with van der Waals surface area (Å²) in [5.41, 5.74) is 1.43. The third-order valence-electron chi connectivity index (χ3n) is 4.76. The summed E-state index contributed by atoms with van der Waals surface area (Å²) in [6, 6.07) is 13.8. The first-order valence-corrected chi connectivity index (χ1v) is 8.66. The minimum absolute atomic E-state index is 0.0621. The predicted octanol–water partition coefficient (Wildman–Crippen LogP) is 4.37. The molecule has 2 N–H and O–H groups in total. The zero-order chi connectivity index (χ0) is 17.2. The Morgan fingerprint density at radius 1 is 1.04 bits per heavy atom. The van der Waals surface area contributed by atoms with Gasteiger partial charge >= 0.3 is 0 Å². The largest absolute Gasteiger partial charge is 0.504 e. The molecule has 0 unspecified atom stereocenters. The molecule has 1 saturated carbocycles. The number of rotatable bonds is 4. The Labute approximate surface area is 146 Å². The number of nitrogens with one attached hydrogen (secondary N) is 1. The second-order valence-electron chi connectivity index (χ2n) is 6.40. The Morgan fingerprint density at radius 3 is 2.64 bits per heavy atom. The van der Waals surface area contributed by atoms with E-state index in [1.165, 1.54) is 20.0 Å². The SMILES string of the molecule is COc1cccc(-c2nc(NC3CCCC3)c3ccccc3n2)c1O. The third-order valence-corrected chi connectivity index (χ3v) is 4.76. The van der Waals surface area contributed by atoms with E-state index >= 15 is 0 Å². The van der Waals surface area contributed by atoms with E-state index in [0.29, 0.717) is 23.2 Å². The number of hydrogen-bond acceptors (Lipinski definition) is 5. The van der Waals surface area contributed by atoms with Crippen molar-refractivity contribution < 1.29 is 9.84 Å². The molecule has 5 heteroatoms. The van der Waals surface area contributed by atoms with Gasteiger partial charge in [-0.05, 0) is 37.1 Å². The van der Waals surface area contributed by atoms with Gasteiger partial charge in [-0.1, -0.05) is 31.0 Å². The molecule has 128 valence electrons. The fourth-order valence-corrected chi connectivity index (χ4v) is 3.44. The average Bonchev–Trinajstić information content (AvgIpc) is 3.15. The summed E-state index contributed by atoms with van der Waals surface area (Å²) in [6.07, 6.45) is 4.84. The highest BCUT2D eigenvalue weighted by atomic mass is 16.5. The van der Waals surface area contributed by atoms with Crippen LogP contribution in [-0.2, 0) is 0 Å². The van der Waals surface area contributed by atoms with Crippen LogP contribution in [0.25, 0.3) is 22.3 Å². The van der Waals surface area contributed by atoms with Gasteiger partial charge in [-0.3, -0.25) is 0 Å². The first-order chi connectivity index (χ1) is 12.3. The highest BCUT2D eigenvalue weighted by Crippen LogP contribution is 2.37. The number of hydrogen-bond donors (Lipinski definition) is 2. The van der Waals surface area contributed by atoms with Crippen molar-refractivity contribution in [2.24, 2.45) is 0 Å². The smallest absolute Gasteiger partial charge is 0.168 e. The van der Waals surface area contributed by atoms with Gasteiger partial charge in [0.1, 0.15) is 5.82 Å².